The molecule has 1 atom stereocenters. The van der Waals surface area contributed by atoms with Crippen LogP contribution in [0.5, 0.6) is 0 Å². The topological polar surface area (TPSA) is 42.2 Å². The van der Waals surface area contributed by atoms with Gasteiger partial charge in [0.25, 0.3) is 0 Å². The highest BCUT2D eigenvalue weighted by Gasteiger charge is 2.16. The number of carboxylic acid groups (broad SMARTS) is 1. The summed E-state index contributed by atoms with van der Waals surface area (Å²) < 4.78 is 1.92. The van der Waals surface area contributed by atoms with Gasteiger partial charge in [0.05, 0.1) is 0 Å². The minimum atomic E-state index is -0.831. The number of hydrogen-bond acceptors (Lipinski definition) is 1. The molecule has 1 aromatic heterocycles. The zero-order chi connectivity index (χ0) is 12.0. The van der Waals surface area contributed by atoms with Crippen molar-refractivity contribution in [2.45, 2.75) is 52.0 Å². The number of rotatable bonds is 7. The summed E-state index contributed by atoms with van der Waals surface area (Å²) >= 11 is 0. The van der Waals surface area contributed by atoms with Gasteiger partial charge in [-0.05, 0) is 25.0 Å². The van der Waals surface area contributed by atoms with Gasteiger partial charge in [0.2, 0.25) is 0 Å². The Hall–Kier alpha value is -1.25. The number of aromatic nitrogens is 1. The molecule has 0 aliphatic heterocycles. The summed E-state index contributed by atoms with van der Waals surface area (Å²) in [7, 11) is 0. The zero-order valence-electron chi connectivity index (χ0n) is 10.1. The van der Waals surface area contributed by atoms with Gasteiger partial charge in [0, 0.05) is 12.2 Å². The van der Waals surface area contributed by atoms with Gasteiger partial charge in [-0.2, -0.15) is 0 Å². The Morgan fingerprint density at radius 1 is 1.38 bits per heavy atom. The van der Waals surface area contributed by atoms with Gasteiger partial charge in [-0.3, -0.25) is 0 Å². The highest BCUT2D eigenvalue weighted by Crippen LogP contribution is 2.23. The predicted octanol–water partition coefficient (Wildman–Crippen LogP) is 3.72. The fourth-order valence-electron chi connectivity index (χ4n) is 2.09. The van der Waals surface area contributed by atoms with Crippen LogP contribution in [0.1, 0.15) is 62.5 Å². The van der Waals surface area contributed by atoms with Crippen LogP contribution in [-0.4, -0.2) is 15.6 Å². The van der Waals surface area contributed by atoms with Gasteiger partial charge in [-0.15, -0.1) is 0 Å². The van der Waals surface area contributed by atoms with Gasteiger partial charge >= 0.3 is 5.97 Å². The van der Waals surface area contributed by atoms with Crippen molar-refractivity contribution in [3.05, 3.63) is 24.0 Å². The van der Waals surface area contributed by atoms with E-state index < -0.39 is 5.97 Å². The Balaban J connectivity index is 2.82. The normalized spacial score (nSPS) is 12.6. The van der Waals surface area contributed by atoms with E-state index in [0.29, 0.717) is 11.7 Å². The van der Waals surface area contributed by atoms with Gasteiger partial charge in [-0.25, -0.2) is 4.79 Å². The highest BCUT2D eigenvalue weighted by molar-refractivity contribution is 5.85. The lowest BCUT2D eigenvalue weighted by Crippen LogP contribution is -2.14. The van der Waals surface area contributed by atoms with Crippen molar-refractivity contribution in [2.24, 2.45) is 0 Å². The van der Waals surface area contributed by atoms with Crippen LogP contribution < -0.4 is 0 Å². The molecule has 1 heterocycles. The van der Waals surface area contributed by atoms with Crippen molar-refractivity contribution in [3.63, 3.8) is 0 Å². The third-order valence-corrected chi connectivity index (χ3v) is 2.90. The molecule has 1 unspecified atom stereocenters. The Morgan fingerprint density at radius 2 is 2.12 bits per heavy atom. The average molecular weight is 223 g/mol. The maximum atomic E-state index is 11.0. The summed E-state index contributed by atoms with van der Waals surface area (Å²) in [6.07, 6.45) is 7.41. The van der Waals surface area contributed by atoms with E-state index in [-0.39, 0.29) is 0 Å². The highest BCUT2D eigenvalue weighted by atomic mass is 16.4. The van der Waals surface area contributed by atoms with Crippen LogP contribution in [0.2, 0.25) is 0 Å². The molecular formula is C13H21NO2. The fourth-order valence-corrected chi connectivity index (χ4v) is 2.09. The number of unbranched alkanes of at least 4 members (excludes halogenated alkanes) is 1. The molecule has 0 bridgehead atoms. The molecule has 3 nitrogen and oxygen atoms in total. The lowest BCUT2D eigenvalue weighted by Gasteiger charge is -2.19. The first kappa shape index (κ1) is 12.8. The molecule has 0 amide bonds. The molecule has 0 aromatic carbocycles. The van der Waals surface area contributed by atoms with Crippen molar-refractivity contribution in [2.75, 3.05) is 0 Å². The van der Waals surface area contributed by atoms with Gasteiger partial charge < -0.3 is 9.67 Å². The van der Waals surface area contributed by atoms with E-state index in [2.05, 4.69) is 13.8 Å². The fraction of sp³-hybridized carbons (Fsp3) is 0.615. The first-order chi connectivity index (χ1) is 7.70. The summed E-state index contributed by atoms with van der Waals surface area (Å²) in [5.74, 6) is -0.831. The van der Waals surface area contributed by atoms with Crippen LogP contribution in [0, 0.1) is 0 Å². The quantitative estimate of drug-likeness (QED) is 0.765. The molecule has 0 aliphatic carbocycles. The molecule has 1 aromatic rings. The average Bonchev–Trinajstić information content (AvgIpc) is 2.73. The summed E-state index contributed by atoms with van der Waals surface area (Å²) in [5.41, 5.74) is 0.412. The van der Waals surface area contributed by atoms with E-state index in [0.717, 1.165) is 32.1 Å². The number of nitrogens with zero attached hydrogens (tertiary/aromatic N) is 1. The molecular weight excluding hydrogens is 202 g/mol. The van der Waals surface area contributed by atoms with Crippen LogP contribution in [0.25, 0.3) is 0 Å². The third-order valence-electron chi connectivity index (χ3n) is 2.90. The number of carbonyl (C=O) groups is 1. The molecule has 16 heavy (non-hydrogen) atoms. The van der Waals surface area contributed by atoms with E-state index in [4.69, 9.17) is 5.11 Å². The molecule has 0 aliphatic rings. The summed E-state index contributed by atoms with van der Waals surface area (Å²) in [4.78, 5) is 11.0. The van der Waals surface area contributed by atoms with Crippen molar-refractivity contribution in [1.82, 2.24) is 4.57 Å². The standard InChI is InChI=1S/C13H21NO2/c1-3-5-8-11(7-4-2)14-10-6-9-12(14)13(15)16/h6,9-11H,3-5,7-8H2,1-2H3,(H,15,16). The van der Waals surface area contributed by atoms with E-state index in [9.17, 15) is 4.79 Å². The summed E-state index contributed by atoms with van der Waals surface area (Å²) in [5, 5.41) is 9.08. The van der Waals surface area contributed by atoms with E-state index >= 15 is 0 Å². The lowest BCUT2D eigenvalue weighted by atomic mass is 10.0. The Morgan fingerprint density at radius 3 is 2.69 bits per heavy atom. The first-order valence-electron chi connectivity index (χ1n) is 6.10. The number of aromatic carboxylic acids is 1. The Bertz CT molecular complexity index is 330. The second kappa shape index (κ2) is 6.36. The molecule has 0 radical (unpaired) electrons. The molecule has 0 saturated carbocycles. The summed E-state index contributed by atoms with van der Waals surface area (Å²) in [6, 6.07) is 3.83. The third kappa shape index (κ3) is 3.12. The maximum absolute atomic E-state index is 11.0. The van der Waals surface area contributed by atoms with Crippen LogP contribution in [0.15, 0.2) is 18.3 Å². The van der Waals surface area contributed by atoms with Crippen molar-refractivity contribution >= 4 is 5.97 Å². The molecule has 1 rings (SSSR count). The predicted molar refractivity (Wildman–Crippen MR) is 64.9 cm³/mol. The smallest absolute Gasteiger partial charge is 0.352 e. The molecule has 0 fully saturated rings. The lowest BCUT2D eigenvalue weighted by molar-refractivity contribution is 0.0681. The molecule has 3 heteroatoms. The maximum Gasteiger partial charge on any atom is 0.352 e. The molecule has 1 N–H and O–H groups in total. The Kier molecular flexibility index (Phi) is 5.09. The second-order valence-corrected chi connectivity index (χ2v) is 4.19. The van der Waals surface area contributed by atoms with Crippen molar-refractivity contribution < 1.29 is 9.90 Å². The molecule has 0 saturated heterocycles. The van der Waals surface area contributed by atoms with Gasteiger partial charge in [0.1, 0.15) is 5.69 Å². The van der Waals surface area contributed by atoms with E-state index in [1.807, 2.05) is 16.8 Å². The van der Waals surface area contributed by atoms with E-state index in [1.54, 1.807) is 6.07 Å². The molecule has 90 valence electrons. The van der Waals surface area contributed by atoms with Gasteiger partial charge in [-0.1, -0.05) is 33.1 Å². The van der Waals surface area contributed by atoms with Crippen LogP contribution in [0.4, 0.5) is 0 Å². The van der Waals surface area contributed by atoms with Gasteiger partial charge in [0.15, 0.2) is 0 Å². The SMILES string of the molecule is CCCCC(CCC)n1cccc1C(=O)O. The first-order valence-corrected chi connectivity index (χ1v) is 6.10. The summed E-state index contributed by atoms with van der Waals surface area (Å²) in [6.45, 7) is 4.31. The van der Waals surface area contributed by atoms with Crippen molar-refractivity contribution in [1.29, 1.82) is 0 Å². The minimum Gasteiger partial charge on any atom is -0.477 e. The number of hydrogen-bond donors (Lipinski definition) is 1. The molecule has 0 spiro atoms. The minimum absolute atomic E-state index is 0.339. The van der Waals surface area contributed by atoms with Crippen LogP contribution in [0.3, 0.4) is 0 Å². The largest absolute Gasteiger partial charge is 0.477 e. The second-order valence-electron chi connectivity index (χ2n) is 4.19. The van der Waals surface area contributed by atoms with Crippen LogP contribution in [-0.2, 0) is 0 Å². The van der Waals surface area contributed by atoms with Crippen LogP contribution >= 0.6 is 0 Å². The van der Waals surface area contributed by atoms with E-state index in [1.165, 1.54) is 0 Å². The Labute approximate surface area is 97.1 Å². The zero-order valence-corrected chi connectivity index (χ0v) is 10.1. The van der Waals surface area contributed by atoms with Crippen molar-refractivity contribution in [3.8, 4) is 0 Å². The number of carboxylic acids is 1. The monoisotopic (exact) mass is 223 g/mol.